The van der Waals surface area contributed by atoms with Crippen molar-refractivity contribution in [2.24, 2.45) is 11.8 Å². The molecule has 1 amide bonds. The molecule has 0 unspecified atom stereocenters. The molecule has 0 spiro atoms. The monoisotopic (exact) mass is 585 g/mol. The van der Waals surface area contributed by atoms with Crippen molar-refractivity contribution in [3.63, 3.8) is 0 Å². The first-order chi connectivity index (χ1) is 19.6. The minimum atomic E-state index is -3.74. The first-order valence-corrected chi connectivity index (χ1v) is 16.0. The topological polar surface area (TPSA) is 114 Å². The van der Waals surface area contributed by atoms with E-state index in [2.05, 4.69) is 23.9 Å². The van der Waals surface area contributed by atoms with E-state index in [1.165, 1.54) is 7.11 Å². The van der Waals surface area contributed by atoms with Gasteiger partial charge in [0, 0.05) is 43.2 Å². The molecule has 1 aliphatic heterocycles. The molecule has 2 aliphatic rings. The highest BCUT2D eigenvalue weighted by atomic mass is 32.2. The van der Waals surface area contributed by atoms with Gasteiger partial charge >= 0.3 is 5.97 Å². The lowest BCUT2D eigenvalue weighted by atomic mass is 9.85. The van der Waals surface area contributed by atoms with Gasteiger partial charge in [0.05, 0.1) is 31.3 Å². The highest BCUT2D eigenvalue weighted by Crippen LogP contribution is 2.32. The van der Waals surface area contributed by atoms with Gasteiger partial charge in [-0.25, -0.2) is 13.1 Å². The Balaban J connectivity index is 1.37. The van der Waals surface area contributed by atoms with Gasteiger partial charge in [-0.3, -0.25) is 9.59 Å². The lowest BCUT2D eigenvalue weighted by molar-refractivity contribution is -0.147. The van der Waals surface area contributed by atoms with Crippen LogP contribution in [0.2, 0.25) is 0 Å². The molecule has 1 atom stereocenters. The van der Waals surface area contributed by atoms with E-state index in [4.69, 9.17) is 9.47 Å². The van der Waals surface area contributed by atoms with E-state index in [0.717, 1.165) is 16.7 Å². The molecule has 2 aromatic carbocycles. The first kappa shape index (κ1) is 31.0. The molecule has 9 nitrogen and oxygen atoms in total. The van der Waals surface area contributed by atoms with E-state index in [-0.39, 0.29) is 34.8 Å². The van der Waals surface area contributed by atoms with E-state index < -0.39 is 10.0 Å². The number of ether oxygens (including phenoxy) is 2. The molecule has 0 aromatic heterocycles. The van der Waals surface area contributed by atoms with E-state index in [1.54, 1.807) is 19.2 Å². The molecule has 0 bridgehead atoms. The molecule has 1 saturated carbocycles. The summed E-state index contributed by atoms with van der Waals surface area (Å²) in [5, 5.41) is 3.13. The molecule has 1 aliphatic carbocycles. The summed E-state index contributed by atoms with van der Waals surface area (Å²) in [5.74, 6) is 0.191. The van der Waals surface area contributed by atoms with Crippen molar-refractivity contribution in [1.82, 2.24) is 9.62 Å². The van der Waals surface area contributed by atoms with Gasteiger partial charge in [-0.15, -0.1) is 0 Å². The molecule has 10 heteroatoms. The summed E-state index contributed by atoms with van der Waals surface area (Å²) in [5.41, 5.74) is 3.55. The quantitative estimate of drug-likeness (QED) is 0.402. The molecule has 4 rings (SSSR count). The molecule has 0 radical (unpaired) electrons. The summed E-state index contributed by atoms with van der Waals surface area (Å²) < 4.78 is 39.9. The number of amides is 1. The molecule has 224 valence electrons. The van der Waals surface area contributed by atoms with E-state index >= 15 is 0 Å². The van der Waals surface area contributed by atoms with Gasteiger partial charge in [-0.05, 0) is 61.3 Å². The standard InChI is InChI=1S/C31H43N3O6S/c1-21(2)29-20-40-18-17-34(29)31(36)24-10-12-25(13-11-24)33-41(37,38)26-14-15-27(28(19-26)32-3)23-8-5-22(6-9-23)7-16-30(35)39-4/h5-6,8-9,14-15,19,21,24-25,29,32-33H,7,10-13,16-18,20H2,1-4H3/t24?,25?,29-/m1/s1. The van der Waals surface area contributed by atoms with Crippen LogP contribution in [0, 0.1) is 11.8 Å². The van der Waals surface area contributed by atoms with Crippen LogP contribution in [-0.2, 0) is 35.5 Å². The fourth-order valence-corrected chi connectivity index (χ4v) is 7.11. The summed E-state index contributed by atoms with van der Waals surface area (Å²) in [4.78, 5) is 26.9. The van der Waals surface area contributed by atoms with Crippen LogP contribution in [0.5, 0.6) is 0 Å². The molecule has 1 saturated heterocycles. The zero-order chi connectivity index (χ0) is 29.6. The SMILES string of the molecule is CNc1cc(S(=O)(=O)NC2CCC(C(=O)N3CCOC[C@@H]3C(C)C)CC2)ccc1-c1ccc(CCC(=O)OC)cc1. The number of aryl methyl sites for hydroxylation is 1. The number of rotatable bonds is 10. The van der Waals surface area contributed by atoms with Crippen molar-refractivity contribution >= 4 is 27.6 Å². The van der Waals surface area contributed by atoms with Gasteiger partial charge in [-0.2, -0.15) is 0 Å². The number of carbonyl (C=O) groups excluding carboxylic acids is 2. The lowest BCUT2D eigenvalue weighted by Crippen LogP contribution is -2.53. The number of anilines is 1. The number of hydrogen-bond donors (Lipinski definition) is 2. The fourth-order valence-electron chi connectivity index (χ4n) is 5.78. The van der Waals surface area contributed by atoms with E-state index in [0.29, 0.717) is 69.9 Å². The Hall–Kier alpha value is -2.95. The van der Waals surface area contributed by atoms with Crippen LogP contribution in [0.25, 0.3) is 11.1 Å². The number of esters is 1. The van der Waals surface area contributed by atoms with Gasteiger partial charge in [0.15, 0.2) is 0 Å². The number of benzene rings is 2. The third kappa shape index (κ3) is 7.67. The van der Waals surface area contributed by atoms with Crippen LogP contribution in [0.3, 0.4) is 0 Å². The zero-order valence-corrected chi connectivity index (χ0v) is 25.3. The maximum Gasteiger partial charge on any atom is 0.305 e. The fraction of sp³-hybridized carbons (Fsp3) is 0.548. The van der Waals surface area contributed by atoms with Gasteiger partial charge in [0.25, 0.3) is 0 Å². The minimum Gasteiger partial charge on any atom is -0.469 e. The Morgan fingerprint density at radius 2 is 1.78 bits per heavy atom. The summed E-state index contributed by atoms with van der Waals surface area (Å²) in [6, 6.07) is 12.9. The molecular formula is C31H43N3O6S. The third-order valence-corrected chi connectivity index (χ3v) is 9.82. The van der Waals surface area contributed by atoms with E-state index in [1.807, 2.05) is 35.2 Å². The van der Waals surface area contributed by atoms with Gasteiger partial charge in [-0.1, -0.05) is 44.2 Å². The number of methoxy groups -OCH3 is 1. The second-order valence-electron chi connectivity index (χ2n) is 11.3. The summed E-state index contributed by atoms with van der Waals surface area (Å²) in [7, 11) is -0.591. The summed E-state index contributed by atoms with van der Waals surface area (Å²) in [6.07, 6.45) is 3.52. The number of sulfonamides is 1. The molecular weight excluding hydrogens is 542 g/mol. The van der Waals surface area contributed by atoms with E-state index in [9.17, 15) is 18.0 Å². The smallest absolute Gasteiger partial charge is 0.305 e. The van der Waals surface area contributed by atoms with Crippen molar-refractivity contribution in [1.29, 1.82) is 0 Å². The van der Waals surface area contributed by atoms with Crippen molar-refractivity contribution < 1.29 is 27.5 Å². The van der Waals surface area contributed by atoms with Crippen molar-refractivity contribution in [2.45, 2.75) is 69.4 Å². The second-order valence-corrected chi connectivity index (χ2v) is 13.0. The van der Waals surface area contributed by atoms with Gasteiger partial charge < -0.3 is 19.7 Å². The summed E-state index contributed by atoms with van der Waals surface area (Å²) in [6.45, 7) is 6.00. The predicted molar refractivity (Wildman–Crippen MR) is 159 cm³/mol. The number of morpholine rings is 1. The van der Waals surface area contributed by atoms with Gasteiger partial charge in [0.1, 0.15) is 0 Å². The Morgan fingerprint density at radius 1 is 1.07 bits per heavy atom. The number of nitrogens with zero attached hydrogens (tertiary/aromatic N) is 1. The minimum absolute atomic E-state index is 0.0721. The third-order valence-electron chi connectivity index (χ3n) is 8.30. The van der Waals surface area contributed by atoms with Crippen LogP contribution >= 0.6 is 0 Å². The number of nitrogens with one attached hydrogen (secondary N) is 2. The largest absolute Gasteiger partial charge is 0.469 e. The lowest BCUT2D eigenvalue weighted by Gasteiger charge is -2.41. The molecule has 2 N–H and O–H groups in total. The van der Waals surface area contributed by atoms with Crippen LogP contribution < -0.4 is 10.0 Å². The Labute approximate surface area is 244 Å². The van der Waals surface area contributed by atoms with Crippen molar-refractivity contribution in [3.05, 3.63) is 48.0 Å². The molecule has 2 fully saturated rings. The van der Waals surface area contributed by atoms with Crippen molar-refractivity contribution in [2.75, 3.05) is 39.2 Å². The van der Waals surface area contributed by atoms with Gasteiger partial charge in [0.2, 0.25) is 15.9 Å². The molecule has 1 heterocycles. The molecule has 2 aromatic rings. The average molecular weight is 586 g/mol. The van der Waals surface area contributed by atoms with Crippen LogP contribution in [0.1, 0.15) is 51.5 Å². The Bertz CT molecular complexity index is 1300. The van der Waals surface area contributed by atoms with Crippen LogP contribution in [0.15, 0.2) is 47.4 Å². The Kier molecular flexibility index (Phi) is 10.4. The molecule has 41 heavy (non-hydrogen) atoms. The highest BCUT2D eigenvalue weighted by Gasteiger charge is 2.36. The number of carbonyl (C=O) groups is 2. The van der Waals surface area contributed by atoms with Crippen molar-refractivity contribution in [3.8, 4) is 11.1 Å². The predicted octanol–water partition coefficient (Wildman–Crippen LogP) is 4.22. The average Bonchev–Trinajstić information content (AvgIpc) is 2.99. The first-order valence-electron chi connectivity index (χ1n) is 14.5. The van der Waals surface area contributed by atoms with Crippen LogP contribution in [0.4, 0.5) is 5.69 Å². The maximum atomic E-state index is 13.3. The Morgan fingerprint density at radius 3 is 2.41 bits per heavy atom. The summed E-state index contributed by atoms with van der Waals surface area (Å²) >= 11 is 0. The second kappa shape index (κ2) is 13.8. The van der Waals surface area contributed by atoms with Crippen LogP contribution in [-0.4, -0.2) is 71.2 Å². The maximum absolute atomic E-state index is 13.3. The normalized spacial score (nSPS) is 21.5. The zero-order valence-electron chi connectivity index (χ0n) is 24.5. The number of hydrogen-bond acceptors (Lipinski definition) is 7. The highest BCUT2D eigenvalue weighted by molar-refractivity contribution is 7.89.